The van der Waals surface area contributed by atoms with Gasteiger partial charge in [-0.25, -0.2) is 0 Å². The molecular weight excluding hydrogens is 244 g/mol. The number of hydrogen-bond donors (Lipinski definition) is 2. The summed E-state index contributed by atoms with van der Waals surface area (Å²) in [4.78, 5) is 11.5. The van der Waals surface area contributed by atoms with Crippen LogP contribution in [0, 0.1) is 0 Å². The van der Waals surface area contributed by atoms with Crippen molar-refractivity contribution < 1.29 is 4.79 Å². The third-order valence-corrected chi connectivity index (χ3v) is 3.56. The van der Waals surface area contributed by atoms with E-state index in [-0.39, 0.29) is 10.7 Å². The van der Waals surface area contributed by atoms with E-state index in [1.54, 1.807) is 7.05 Å². The minimum Gasteiger partial charge on any atom is -0.325 e. The molecule has 0 saturated heterocycles. The highest BCUT2D eigenvalue weighted by atomic mass is 32.2. The smallest absolute Gasteiger partial charge is 0.238 e. The fraction of sp³-hybridized carbons (Fsp3) is 0.500. The highest BCUT2D eigenvalue weighted by Gasteiger charge is 2.10. The normalized spacial score (nSPS) is 11.3. The van der Waals surface area contributed by atoms with Crippen LogP contribution in [0.15, 0.2) is 24.3 Å². The molecule has 0 heterocycles. The number of rotatable bonds is 5. The minimum atomic E-state index is -0.0156. The summed E-state index contributed by atoms with van der Waals surface area (Å²) in [5.74, 6) is 0.942. The predicted molar refractivity (Wildman–Crippen MR) is 80.0 cm³/mol. The fourth-order valence-electron chi connectivity index (χ4n) is 1.40. The number of likely N-dealkylation sites (N-methyl/N-ethyl adjacent to an activating group) is 1. The highest BCUT2D eigenvalue weighted by molar-refractivity contribution is 7.99. The van der Waals surface area contributed by atoms with Crippen molar-refractivity contribution in [3.05, 3.63) is 29.8 Å². The van der Waals surface area contributed by atoms with E-state index in [9.17, 15) is 4.79 Å². The van der Waals surface area contributed by atoms with Crippen LogP contribution in [-0.4, -0.2) is 24.2 Å². The lowest BCUT2D eigenvalue weighted by molar-refractivity contribution is -0.115. The van der Waals surface area contributed by atoms with E-state index < -0.39 is 0 Å². The molecule has 18 heavy (non-hydrogen) atoms. The Balaban J connectivity index is 2.59. The van der Waals surface area contributed by atoms with Crippen molar-refractivity contribution in [2.45, 2.75) is 31.3 Å². The zero-order valence-electron chi connectivity index (χ0n) is 11.5. The molecule has 0 aliphatic rings. The van der Waals surface area contributed by atoms with E-state index in [0.29, 0.717) is 6.54 Å². The maximum Gasteiger partial charge on any atom is 0.238 e. The van der Waals surface area contributed by atoms with Gasteiger partial charge >= 0.3 is 0 Å². The molecule has 0 bridgehead atoms. The summed E-state index contributed by atoms with van der Waals surface area (Å²) in [5.41, 5.74) is 2.10. The molecule has 0 aliphatic carbocycles. The first kappa shape index (κ1) is 15.1. The predicted octanol–water partition coefficient (Wildman–Crippen LogP) is 2.88. The first-order valence-corrected chi connectivity index (χ1v) is 7.06. The first-order chi connectivity index (χ1) is 8.40. The molecule has 0 spiro atoms. The summed E-state index contributed by atoms with van der Waals surface area (Å²) < 4.78 is 0.255. The van der Waals surface area contributed by atoms with Crippen molar-refractivity contribution in [2.24, 2.45) is 0 Å². The molecule has 0 radical (unpaired) electrons. The second kappa shape index (κ2) is 6.81. The molecule has 100 valence electrons. The molecule has 0 atom stereocenters. The third kappa shape index (κ3) is 6.07. The Morgan fingerprint density at radius 1 is 1.33 bits per heavy atom. The minimum absolute atomic E-state index is 0.0156. The maximum atomic E-state index is 11.5. The van der Waals surface area contributed by atoms with Gasteiger partial charge in [-0.2, -0.15) is 11.8 Å². The van der Waals surface area contributed by atoms with Gasteiger partial charge in [-0.15, -0.1) is 0 Å². The van der Waals surface area contributed by atoms with Gasteiger partial charge in [0.2, 0.25) is 5.91 Å². The van der Waals surface area contributed by atoms with Gasteiger partial charge in [0, 0.05) is 16.2 Å². The van der Waals surface area contributed by atoms with Crippen LogP contribution >= 0.6 is 11.8 Å². The van der Waals surface area contributed by atoms with Crippen LogP contribution in [0.5, 0.6) is 0 Å². The lowest BCUT2D eigenvalue weighted by Gasteiger charge is -2.17. The summed E-state index contributed by atoms with van der Waals surface area (Å²) >= 11 is 1.90. The topological polar surface area (TPSA) is 41.1 Å². The van der Waals surface area contributed by atoms with E-state index >= 15 is 0 Å². The number of anilines is 1. The Morgan fingerprint density at radius 3 is 2.67 bits per heavy atom. The van der Waals surface area contributed by atoms with Crippen molar-refractivity contribution >= 4 is 23.4 Å². The van der Waals surface area contributed by atoms with Gasteiger partial charge in [-0.05, 0) is 24.7 Å². The van der Waals surface area contributed by atoms with Crippen molar-refractivity contribution in [3.8, 4) is 0 Å². The van der Waals surface area contributed by atoms with Crippen LogP contribution in [0.1, 0.15) is 26.3 Å². The van der Waals surface area contributed by atoms with Gasteiger partial charge in [0.1, 0.15) is 0 Å². The Hall–Kier alpha value is -1.00. The number of nitrogens with one attached hydrogen (secondary N) is 2. The van der Waals surface area contributed by atoms with Crippen LogP contribution in [0.25, 0.3) is 0 Å². The Labute approximate surface area is 114 Å². The molecule has 1 rings (SSSR count). The van der Waals surface area contributed by atoms with E-state index in [1.807, 2.05) is 30.0 Å². The van der Waals surface area contributed by atoms with Crippen molar-refractivity contribution in [2.75, 3.05) is 18.9 Å². The van der Waals surface area contributed by atoms with E-state index in [2.05, 4.69) is 37.5 Å². The SMILES string of the molecule is CNCC(=O)Nc1cccc(CSC(C)(C)C)c1. The van der Waals surface area contributed by atoms with Gasteiger partial charge in [0.25, 0.3) is 0 Å². The van der Waals surface area contributed by atoms with Crippen LogP contribution < -0.4 is 10.6 Å². The average Bonchev–Trinajstić information content (AvgIpc) is 2.26. The van der Waals surface area contributed by atoms with Crippen molar-refractivity contribution in [1.82, 2.24) is 5.32 Å². The molecule has 1 aromatic rings. The number of hydrogen-bond acceptors (Lipinski definition) is 3. The van der Waals surface area contributed by atoms with Crippen LogP contribution in [0.2, 0.25) is 0 Å². The summed E-state index contributed by atoms with van der Waals surface area (Å²) in [7, 11) is 1.76. The molecule has 3 nitrogen and oxygen atoms in total. The quantitative estimate of drug-likeness (QED) is 0.861. The fourth-order valence-corrected chi connectivity index (χ4v) is 2.18. The standard InChI is InChI=1S/C14H22N2OS/c1-14(2,3)18-10-11-6-5-7-12(8-11)16-13(17)9-15-4/h5-8,15H,9-10H2,1-4H3,(H,16,17). The highest BCUT2D eigenvalue weighted by Crippen LogP contribution is 2.27. The molecule has 1 aromatic carbocycles. The molecule has 0 aromatic heterocycles. The summed E-state index contributed by atoms with van der Waals surface area (Å²) in [5, 5.41) is 5.70. The maximum absolute atomic E-state index is 11.5. The molecule has 0 fully saturated rings. The molecule has 0 unspecified atom stereocenters. The second-order valence-corrected chi connectivity index (χ2v) is 6.98. The molecule has 4 heteroatoms. The number of benzene rings is 1. The Bertz CT molecular complexity index is 399. The molecule has 1 amide bonds. The third-order valence-electron chi connectivity index (χ3n) is 2.22. The molecule has 2 N–H and O–H groups in total. The van der Waals surface area contributed by atoms with Crippen molar-refractivity contribution in [3.63, 3.8) is 0 Å². The molecule has 0 saturated carbocycles. The lowest BCUT2D eigenvalue weighted by atomic mass is 10.2. The zero-order valence-corrected chi connectivity index (χ0v) is 12.4. The monoisotopic (exact) mass is 266 g/mol. The van der Waals surface area contributed by atoms with Gasteiger partial charge in [0.05, 0.1) is 6.54 Å². The van der Waals surface area contributed by atoms with Crippen LogP contribution in [0.4, 0.5) is 5.69 Å². The molecule has 0 aliphatic heterocycles. The molecular formula is C14H22N2OS. The lowest BCUT2D eigenvalue weighted by Crippen LogP contribution is -2.25. The first-order valence-electron chi connectivity index (χ1n) is 6.08. The number of carbonyl (C=O) groups is 1. The van der Waals surface area contributed by atoms with Gasteiger partial charge < -0.3 is 10.6 Å². The van der Waals surface area contributed by atoms with Gasteiger partial charge in [-0.1, -0.05) is 32.9 Å². The van der Waals surface area contributed by atoms with E-state index in [1.165, 1.54) is 5.56 Å². The average molecular weight is 266 g/mol. The van der Waals surface area contributed by atoms with Crippen LogP contribution in [0.3, 0.4) is 0 Å². The van der Waals surface area contributed by atoms with Crippen molar-refractivity contribution in [1.29, 1.82) is 0 Å². The zero-order chi connectivity index (χ0) is 13.6. The van der Waals surface area contributed by atoms with E-state index in [0.717, 1.165) is 11.4 Å². The largest absolute Gasteiger partial charge is 0.325 e. The number of amides is 1. The van der Waals surface area contributed by atoms with Crippen LogP contribution in [-0.2, 0) is 10.5 Å². The second-order valence-electron chi connectivity index (χ2n) is 5.18. The summed E-state index contributed by atoms with van der Waals surface area (Å²) in [6.07, 6.45) is 0. The van der Waals surface area contributed by atoms with Gasteiger partial charge in [-0.3, -0.25) is 4.79 Å². The Kier molecular flexibility index (Phi) is 5.69. The Morgan fingerprint density at radius 2 is 2.06 bits per heavy atom. The van der Waals surface area contributed by atoms with E-state index in [4.69, 9.17) is 0 Å². The number of carbonyl (C=O) groups excluding carboxylic acids is 1. The van der Waals surface area contributed by atoms with Gasteiger partial charge in [0.15, 0.2) is 0 Å². The summed E-state index contributed by atoms with van der Waals surface area (Å²) in [6.45, 7) is 6.95. The summed E-state index contributed by atoms with van der Waals surface area (Å²) in [6, 6.07) is 8.02. The number of thioether (sulfide) groups is 1.